The van der Waals surface area contributed by atoms with Gasteiger partial charge in [-0.3, -0.25) is 9.89 Å². The van der Waals surface area contributed by atoms with Crippen LogP contribution in [-0.4, -0.2) is 49.0 Å². The van der Waals surface area contributed by atoms with Gasteiger partial charge in [0.25, 0.3) is 5.91 Å². The molecular formula is C18H20N4O3S. The summed E-state index contributed by atoms with van der Waals surface area (Å²) in [7, 11) is -2.22. The second-order valence-corrected chi connectivity index (χ2v) is 8.06. The maximum absolute atomic E-state index is 12.9. The fourth-order valence-corrected chi connectivity index (χ4v) is 4.10. The van der Waals surface area contributed by atoms with Gasteiger partial charge in [0.1, 0.15) is 4.90 Å². The van der Waals surface area contributed by atoms with Crippen LogP contribution in [0.5, 0.6) is 0 Å². The Labute approximate surface area is 152 Å². The molecule has 1 aromatic heterocycles. The molecule has 0 unspecified atom stereocenters. The van der Waals surface area contributed by atoms with Crippen LogP contribution in [-0.2, 0) is 10.0 Å². The fraction of sp³-hybridized carbons (Fsp3) is 0.222. The predicted molar refractivity (Wildman–Crippen MR) is 99.4 cm³/mol. The van der Waals surface area contributed by atoms with Crippen molar-refractivity contribution < 1.29 is 13.2 Å². The number of carbonyl (C=O) groups excluding carboxylic acids is 1. The topological polar surface area (TPSA) is 95.2 Å². The summed E-state index contributed by atoms with van der Waals surface area (Å²) in [5.74, 6) is -0.233. The Morgan fingerprint density at radius 2 is 1.96 bits per heavy atom. The number of aromatic nitrogens is 2. The minimum Gasteiger partial charge on any atom is -0.351 e. The molecule has 3 aromatic rings. The molecule has 0 fully saturated rings. The average Bonchev–Trinajstić information content (AvgIpc) is 3.09. The lowest BCUT2D eigenvalue weighted by atomic mass is 10.2. The van der Waals surface area contributed by atoms with E-state index in [1.54, 1.807) is 36.5 Å². The Morgan fingerprint density at radius 1 is 1.23 bits per heavy atom. The molecule has 0 bridgehead atoms. The molecular weight excluding hydrogens is 352 g/mol. The summed E-state index contributed by atoms with van der Waals surface area (Å²) in [6, 6.07) is 12.3. The van der Waals surface area contributed by atoms with Crippen molar-refractivity contribution in [3.8, 4) is 0 Å². The Hall–Kier alpha value is -2.71. The molecule has 136 valence electrons. The number of hydrogen-bond donors (Lipinski definition) is 2. The van der Waals surface area contributed by atoms with Crippen molar-refractivity contribution in [1.29, 1.82) is 0 Å². The number of carbonyl (C=O) groups is 1. The summed E-state index contributed by atoms with van der Waals surface area (Å²) in [6.45, 7) is 2.21. The van der Waals surface area contributed by atoms with Gasteiger partial charge in [0.05, 0.1) is 11.7 Å². The van der Waals surface area contributed by atoms with E-state index in [9.17, 15) is 13.2 Å². The van der Waals surface area contributed by atoms with Crippen LogP contribution in [0.25, 0.3) is 10.9 Å². The highest BCUT2D eigenvalue weighted by molar-refractivity contribution is 7.89. The minimum absolute atomic E-state index is 0.157. The fourth-order valence-electron chi connectivity index (χ4n) is 2.68. The van der Waals surface area contributed by atoms with Gasteiger partial charge < -0.3 is 5.32 Å². The molecule has 1 amide bonds. The Kier molecular flexibility index (Phi) is 5.06. The first-order valence-electron chi connectivity index (χ1n) is 8.13. The van der Waals surface area contributed by atoms with E-state index in [0.717, 1.165) is 10.9 Å². The zero-order valence-electron chi connectivity index (χ0n) is 14.6. The zero-order chi connectivity index (χ0) is 18.7. The summed E-state index contributed by atoms with van der Waals surface area (Å²) >= 11 is 0. The lowest BCUT2D eigenvalue weighted by Crippen LogP contribution is -2.36. The molecule has 0 aliphatic heterocycles. The van der Waals surface area contributed by atoms with Gasteiger partial charge in [-0.2, -0.15) is 9.40 Å². The Bertz CT molecular complexity index is 1030. The third-order valence-corrected chi connectivity index (χ3v) is 5.97. The Morgan fingerprint density at radius 3 is 2.69 bits per heavy atom. The quantitative estimate of drug-likeness (QED) is 0.691. The van der Waals surface area contributed by atoms with E-state index in [4.69, 9.17) is 0 Å². The van der Waals surface area contributed by atoms with Gasteiger partial charge in [-0.1, -0.05) is 18.2 Å². The lowest BCUT2D eigenvalue weighted by Gasteiger charge is -2.18. The van der Waals surface area contributed by atoms with E-state index < -0.39 is 10.0 Å². The number of aryl methyl sites for hydroxylation is 1. The van der Waals surface area contributed by atoms with E-state index in [1.165, 1.54) is 11.4 Å². The lowest BCUT2D eigenvalue weighted by molar-refractivity contribution is 0.0952. The van der Waals surface area contributed by atoms with Gasteiger partial charge in [-0.15, -0.1) is 0 Å². The summed E-state index contributed by atoms with van der Waals surface area (Å²) in [4.78, 5) is 12.2. The first kappa shape index (κ1) is 18.1. The first-order valence-corrected chi connectivity index (χ1v) is 9.57. The van der Waals surface area contributed by atoms with Crippen LogP contribution in [0.1, 0.15) is 15.9 Å². The van der Waals surface area contributed by atoms with Gasteiger partial charge >= 0.3 is 0 Å². The van der Waals surface area contributed by atoms with Gasteiger partial charge in [0.15, 0.2) is 0 Å². The molecule has 2 N–H and O–H groups in total. The number of rotatable bonds is 6. The van der Waals surface area contributed by atoms with Gasteiger partial charge in [-0.05, 0) is 36.8 Å². The van der Waals surface area contributed by atoms with Crippen molar-refractivity contribution >= 4 is 26.8 Å². The summed E-state index contributed by atoms with van der Waals surface area (Å²) in [5.41, 5.74) is 1.86. The standard InChI is InChI=1S/C18H20N4O3S/c1-13-10-15-12-20-21-17(15)16(11-13)26(24,25)22(2)9-8-19-18(23)14-6-4-3-5-7-14/h3-7,10-12H,8-9H2,1-2H3,(H,19,23)(H,20,21). The highest BCUT2D eigenvalue weighted by Gasteiger charge is 2.24. The number of sulfonamides is 1. The molecule has 26 heavy (non-hydrogen) atoms. The van der Waals surface area contributed by atoms with Crippen LogP contribution >= 0.6 is 0 Å². The van der Waals surface area contributed by atoms with Crippen LogP contribution in [0.2, 0.25) is 0 Å². The number of nitrogens with one attached hydrogen (secondary N) is 2. The van der Waals surface area contributed by atoms with Crippen molar-refractivity contribution in [2.24, 2.45) is 0 Å². The van der Waals surface area contributed by atoms with Gasteiger partial charge in [0.2, 0.25) is 10.0 Å². The van der Waals surface area contributed by atoms with Crippen LogP contribution in [0.4, 0.5) is 0 Å². The maximum atomic E-state index is 12.9. The number of hydrogen-bond acceptors (Lipinski definition) is 4. The summed E-state index contributed by atoms with van der Waals surface area (Å²) in [6.07, 6.45) is 1.60. The molecule has 0 radical (unpaired) electrons. The smallest absolute Gasteiger partial charge is 0.251 e. The van der Waals surface area contributed by atoms with Crippen LogP contribution in [0, 0.1) is 6.92 Å². The minimum atomic E-state index is -3.71. The van der Waals surface area contributed by atoms with E-state index in [-0.39, 0.29) is 23.9 Å². The second-order valence-electron chi connectivity index (χ2n) is 6.05. The van der Waals surface area contributed by atoms with Gasteiger partial charge in [-0.25, -0.2) is 8.42 Å². The predicted octanol–water partition coefficient (Wildman–Crippen LogP) is 1.92. The van der Waals surface area contributed by atoms with Crippen molar-refractivity contribution in [2.45, 2.75) is 11.8 Å². The third kappa shape index (κ3) is 3.61. The van der Waals surface area contributed by atoms with Gasteiger partial charge in [0, 0.05) is 31.1 Å². The molecule has 1 heterocycles. The molecule has 0 saturated heterocycles. The van der Waals surface area contributed by atoms with Crippen LogP contribution < -0.4 is 5.32 Å². The van der Waals surface area contributed by atoms with E-state index in [0.29, 0.717) is 11.1 Å². The second kappa shape index (κ2) is 7.27. The molecule has 3 rings (SSSR count). The first-order chi connectivity index (χ1) is 12.4. The highest BCUT2D eigenvalue weighted by Crippen LogP contribution is 2.25. The maximum Gasteiger partial charge on any atom is 0.251 e. The molecule has 2 aromatic carbocycles. The number of likely N-dealkylation sites (N-methyl/N-ethyl adjacent to an activating group) is 1. The van der Waals surface area contributed by atoms with Crippen molar-refractivity contribution in [3.63, 3.8) is 0 Å². The number of aromatic amines is 1. The molecule has 8 heteroatoms. The van der Waals surface area contributed by atoms with Crippen molar-refractivity contribution in [2.75, 3.05) is 20.1 Å². The molecule has 0 aliphatic rings. The number of nitrogens with zero attached hydrogens (tertiary/aromatic N) is 2. The summed E-state index contributed by atoms with van der Waals surface area (Å²) in [5, 5.41) is 10.2. The normalized spacial score (nSPS) is 11.8. The van der Waals surface area contributed by atoms with Crippen molar-refractivity contribution in [1.82, 2.24) is 19.8 Å². The van der Waals surface area contributed by atoms with Crippen LogP contribution in [0.15, 0.2) is 53.6 Å². The third-order valence-electron chi connectivity index (χ3n) is 4.09. The molecule has 0 aliphatic carbocycles. The molecule has 0 saturated carbocycles. The largest absolute Gasteiger partial charge is 0.351 e. The number of fused-ring (bicyclic) bond motifs is 1. The zero-order valence-corrected chi connectivity index (χ0v) is 15.4. The SMILES string of the molecule is Cc1cc(S(=O)(=O)N(C)CCNC(=O)c2ccccc2)c2[nH]ncc2c1. The van der Waals surface area contributed by atoms with E-state index in [2.05, 4.69) is 15.5 Å². The number of benzene rings is 2. The Balaban J connectivity index is 1.71. The number of H-pyrrole nitrogens is 1. The monoisotopic (exact) mass is 372 g/mol. The average molecular weight is 372 g/mol. The van der Waals surface area contributed by atoms with E-state index >= 15 is 0 Å². The molecule has 0 atom stereocenters. The molecule has 7 nitrogen and oxygen atoms in total. The van der Waals surface area contributed by atoms with Crippen LogP contribution in [0.3, 0.4) is 0 Å². The van der Waals surface area contributed by atoms with E-state index in [1.807, 2.05) is 19.1 Å². The number of amides is 1. The summed E-state index contributed by atoms with van der Waals surface area (Å²) < 4.78 is 27.0. The molecule has 0 spiro atoms. The van der Waals surface area contributed by atoms with Crippen molar-refractivity contribution in [3.05, 3.63) is 59.8 Å². The highest BCUT2D eigenvalue weighted by atomic mass is 32.2.